The second-order valence-corrected chi connectivity index (χ2v) is 21.4. The molecule has 8 aromatic carbocycles. The lowest BCUT2D eigenvalue weighted by atomic mass is 9.63. The minimum absolute atomic E-state index is 0.107. The number of benzene rings is 8. The van der Waals surface area contributed by atoms with Gasteiger partial charge >= 0.3 is 0 Å². The van der Waals surface area contributed by atoms with E-state index in [1.54, 1.807) is 0 Å². The van der Waals surface area contributed by atoms with Crippen molar-refractivity contribution in [3.63, 3.8) is 0 Å². The van der Waals surface area contributed by atoms with Crippen LogP contribution < -0.4 is 20.7 Å². The maximum atomic E-state index is 2.62. The summed E-state index contributed by atoms with van der Waals surface area (Å²) in [6.45, 7) is 9.76. The van der Waals surface area contributed by atoms with Crippen LogP contribution >= 0.6 is 0 Å². The van der Waals surface area contributed by atoms with E-state index in [4.69, 9.17) is 0 Å². The molecule has 1 aliphatic rings. The Morgan fingerprint density at radius 3 is 1.26 bits per heavy atom. The van der Waals surface area contributed by atoms with Gasteiger partial charge in [-0.25, -0.2) is 0 Å². The zero-order valence-corrected chi connectivity index (χ0v) is 34.9. The summed E-state index contributed by atoms with van der Waals surface area (Å²) in [5.74, 6) is 0. The molecule has 1 nitrogen and oxygen atoms in total. The Morgan fingerprint density at radius 2 is 0.776 bits per heavy atom. The van der Waals surface area contributed by atoms with Crippen molar-refractivity contribution in [1.82, 2.24) is 4.57 Å². The van der Waals surface area contributed by atoms with Crippen molar-refractivity contribution < 1.29 is 0 Å². The molecule has 0 radical (unpaired) electrons. The normalized spacial score (nSPS) is 14.7. The maximum absolute atomic E-state index is 2.78. The summed E-state index contributed by atoms with van der Waals surface area (Å²) in [5, 5.41) is 8.16. The van der Waals surface area contributed by atoms with E-state index >= 15 is 0 Å². The fourth-order valence-corrected chi connectivity index (χ4v) is 14.7. The summed E-state index contributed by atoms with van der Waals surface area (Å²) >= 11 is 0. The highest BCUT2D eigenvalue weighted by atomic mass is 28.3. The molecule has 58 heavy (non-hydrogen) atoms. The van der Waals surface area contributed by atoms with Crippen molar-refractivity contribution in [2.45, 2.75) is 51.4 Å². The number of aromatic nitrogens is 1. The van der Waals surface area contributed by atoms with E-state index in [0.717, 1.165) is 0 Å². The molecule has 10 rings (SSSR count). The van der Waals surface area contributed by atoms with Gasteiger partial charge in [-0.05, 0) is 114 Å². The average Bonchev–Trinajstić information content (AvgIpc) is 3.60. The van der Waals surface area contributed by atoms with E-state index in [-0.39, 0.29) is 10.8 Å². The SMILES string of the molecule is CC1(C)CCC(C)(C)c2cc([Si](c3ccccc3)(c3ccccc3)c3ccc(-n4c5ccc(-c6ccccc6)cc5c5cc(-c6ccccc6)ccc54)cc3)ccc21. The Bertz CT molecular complexity index is 2770. The molecule has 1 heterocycles. The van der Waals surface area contributed by atoms with Crippen LogP contribution in [0, 0.1) is 0 Å². The molecular formula is C56H49NSi. The second kappa shape index (κ2) is 14.0. The Balaban J connectivity index is 1.20. The topological polar surface area (TPSA) is 4.93 Å². The molecule has 282 valence electrons. The van der Waals surface area contributed by atoms with Crippen molar-refractivity contribution in [3.05, 3.63) is 211 Å². The standard InChI is InChI=1S/C56H49NSi/c1-55(2)35-36-56(3,4)52-39-48(31-32-51(52)55)58(45-21-13-7-14-22-45,46-23-15-8-16-24-46)47-29-27-44(28-30-47)57-53-33-25-42(40-17-9-5-10-18-40)37-49(53)50-38-43(26-34-54(50)57)41-19-11-6-12-20-41/h5-34,37-39H,35-36H2,1-4H3. The molecule has 0 saturated carbocycles. The van der Waals surface area contributed by atoms with E-state index in [1.807, 2.05) is 0 Å². The number of hydrogen-bond acceptors (Lipinski definition) is 0. The number of nitrogens with zero attached hydrogens (tertiary/aromatic N) is 1. The Labute approximate surface area is 344 Å². The molecule has 0 fully saturated rings. The molecule has 9 aromatic rings. The lowest BCUT2D eigenvalue weighted by Crippen LogP contribution is -2.74. The number of rotatable bonds is 7. The third-order valence-electron chi connectivity index (χ3n) is 13.2. The van der Waals surface area contributed by atoms with E-state index in [9.17, 15) is 0 Å². The minimum Gasteiger partial charge on any atom is -0.309 e. The summed E-state index contributed by atoms with van der Waals surface area (Å²) in [6.07, 6.45) is 2.40. The third-order valence-corrected chi connectivity index (χ3v) is 18.0. The minimum atomic E-state index is -2.78. The van der Waals surface area contributed by atoms with E-state index < -0.39 is 8.07 Å². The monoisotopic (exact) mass is 763 g/mol. The predicted molar refractivity (Wildman–Crippen MR) is 251 cm³/mol. The van der Waals surface area contributed by atoms with Crippen molar-refractivity contribution in [2.24, 2.45) is 0 Å². The first-order chi connectivity index (χ1) is 28.2. The fraction of sp³-hybridized carbons (Fsp3) is 0.143. The fourth-order valence-electron chi connectivity index (χ4n) is 9.98. The molecule has 0 aliphatic heterocycles. The van der Waals surface area contributed by atoms with Gasteiger partial charge in [0.2, 0.25) is 0 Å². The number of fused-ring (bicyclic) bond motifs is 4. The summed E-state index contributed by atoms with van der Waals surface area (Å²) in [6, 6.07) is 75.4. The average molecular weight is 764 g/mol. The molecular weight excluding hydrogens is 715 g/mol. The second-order valence-electron chi connectivity index (χ2n) is 17.6. The van der Waals surface area contributed by atoms with E-state index in [0.29, 0.717) is 0 Å². The van der Waals surface area contributed by atoms with Crippen LogP contribution in [0.3, 0.4) is 0 Å². The van der Waals surface area contributed by atoms with Crippen LogP contribution in [0.15, 0.2) is 200 Å². The van der Waals surface area contributed by atoms with Gasteiger partial charge in [-0.3, -0.25) is 0 Å². The molecule has 1 aromatic heterocycles. The van der Waals surface area contributed by atoms with Gasteiger partial charge in [0.25, 0.3) is 0 Å². The summed E-state index contributed by atoms with van der Waals surface area (Å²) in [5.41, 5.74) is 11.8. The van der Waals surface area contributed by atoms with E-state index in [2.05, 4.69) is 232 Å². The molecule has 0 saturated heterocycles. The first-order valence-corrected chi connectivity index (χ1v) is 22.8. The van der Waals surface area contributed by atoms with Gasteiger partial charge in [0.1, 0.15) is 0 Å². The first kappa shape index (κ1) is 36.1. The Hall–Kier alpha value is -6.22. The summed E-state index contributed by atoms with van der Waals surface area (Å²) in [4.78, 5) is 0. The van der Waals surface area contributed by atoms with Crippen LogP contribution in [0.2, 0.25) is 0 Å². The van der Waals surface area contributed by atoms with Crippen LogP contribution in [-0.2, 0) is 10.8 Å². The van der Waals surface area contributed by atoms with Crippen molar-refractivity contribution in [3.8, 4) is 27.9 Å². The highest BCUT2D eigenvalue weighted by molar-refractivity contribution is 7.19. The molecule has 0 spiro atoms. The molecule has 1 aliphatic carbocycles. The lowest BCUT2D eigenvalue weighted by molar-refractivity contribution is 0.332. The summed E-state index contributed by atoms with van der Waals surface area (Å²) < 4.78 is 2.47. The van der Waals surface area contributed by atoms with Crippen molar-refractivity contribution >= 4 is 50.6 Å². The zero-order valence-electron chi connectivity index (χ0n) is 33.9. The first-order valence-electron chi connectivity index (χ1n) is 20.8. The molecule has 0 atom stereocenters. The summed E-state index contributed by atoms with van der Waals surface area (Å²) in [7, 11) is -2.78. The van der Waals surface area contributed by atoms with Crippen LogP contribution in [0.25, 0.3) is 49.7 Å². The van der Waals surface area contributed by atoms with Gasteiger partial charge in [-0.1, -0.05) is 191 Å². The van der Waals surface area contributed by atoms with Gasteiger partial charge in [0.05, 0.1) is 11.0 Å². The van der Waals surface area contributed by atoms with Crippen LogP contribution in [0.1, 0.15) is 51.7 Å². The third kappa shape index (κ3) is 5.89. The van der Waals surface area contributed by atoms with Gasteiger partial charge in [-0.15, -0.1) is 0 Å². The zero-order chi connectivity index (χ0) is 39.5. The smallest absolute Gasteiger partial charge is 0.179 e. The van der Waals surface area contributed by atoms with Gasteiger partial charge in [-0.2, -0.15) is 0 Å². The van der Waals surface area contributed by atoms with Gasteiger partial charge in [0.15, 0.2) is 8.07 Å². The Kier molecular flexibility index (Phi) is 8.73. The maximum Gasteiger partial charge on any atom is 0.179 e. The van der Waals surface area contributed by atoms with E-state index in [1.165, 1.54) is 94.5 Å². The van der Waals surface area contributed by atoms with Crippen LogP contribution in [0.4, 0.5) is 0 Å². The van der Waals surface area contributed by atoms with Crippen LogP contribution in [-0.4, -0.2) is 12.6 Å². The number of hydrogen-bond donors (Lipinski definition) is 0. The molecule has 0 N–H and O–H groups in total. The predicted octanol–water partition coefficient (Wildman–Crippen LogP) is 11.8. The van der Waals surface area contributed by atoms with Gasteiger partial charge in [0, 0.05) is 16.5 Å². The molecule has 2 heteroatoms. The lowest BCUT2D eigenvalue weighted by Gasteiger charge is -2.43. The highest BCUT2D eigenvalue weighted by Gasteiger charge is 2.44. The molecule has 0 bridgehead atoms. The van der Waals surface area contributed by atoms with Crippen molar-refractivity contribution in [2.75, 3.05) is 0 Å². The van der Waals surface area contributed by atoms with Gasteiger partial charge < -0.3 is 4.57 Å². The molecule has 0 unspecified atom stereocenters. The Morgan fingerprint density at radius 1 is 0.362 bits per heavy atom. The van der Waals surface area contributed by atoms with Crippen molar-refractivity contribution in [1.29, 1.82) is 0 Å². The van der Waals surface area contributed by atoms with Crippen LogP contribution in [0.5, 0.6) is 0 Å². The quantitative estimate of drug-likeness (QED) is 0.113. The highest BCUT2D eigenvalue weighted by Crippen LogP contribution is 2.45. The largest absolute Gasteiger partial charge is 0.309 e. The molecule has 0 amide bonds.